The molecule has 0 saturated heterocycles. The molecular weight excluding hydrogens is 1310 g/mol. The van der Waals surface area contributed by atoms with Crippen LogP contribution in [-0.2, 0) is 6.42 Å². The van der Waals surface area contributed by atoms with Crippen LogP contribution in [0.4, 0.5) is 4.79 Å². The molecule has 0 radical (unpaired) electrons. The normalized spacial score (nSPS) is 11.2. The summed E-state index contributed by atoms with van der Waals surface area (Å²) in [5, 5.41) is 2.71. The number of hydrogen-bond donors (Lipinski definition) is 0. The summed E-state index contributed by atoms with van der Waals surface area (Å²) in [6, 6.07) is 97.2. The molecule has 0 atom stereocenters. The Morgan fingerprint density at radius 3 is 0.701 bits per heavy atom. The van der Waals surface area contributed by atoms with Crippen molar-refractivity contribution < 1.29 is 28.7 Å². The molecule has 0 aromatic heterocycles. The number of carbonyl (C=O) groups is 5. The van der Waals surface area contributed by atoms with Gasteiger partial charge in [0.15, 0.2) is 0 Å². The van der Waals surface area contributed by atoms with Crippen LogP contribution >= 0.6 is 0 Å². The Morgan fingerprint density at radius 1 is 0.287 bits per heavy atom. The van der Waals surface area contributed by atoms with Gasteiger partial charge in [0.1, 0.15) is 0 Å². The molecular formula is C77H80Ge4O6. The van der Waals surface area contributed by atoms with Gasteiger partial charge in [-0.2, -0.15) is 0 Å². The van der Waals surface area contributed by atoms with Gasteiger partial charge < -0.3 is 0 Å². The van der Waals surface area contributed by atoms with Crippen molar-refractivity contribution in [3.8, 4) is 5.75 Å². The van der Waals surface area contributed by atoms with Gasteiger partial charge in [0.05, 0.1) is 0 Å². The molecule has 10 rings (SSSR count). The van der Waals surface area contributed by atoms with Crippen molar-refractivity contribution in [3.63, 3.8) is 0 Å². The zero-order valence-electron chi connectivity index (χ0n) is 50.2. The van der Waals surface area contributed by atoms with Gasteiger partial charge in [-0.1, -0.05) is 7.43 Å². The molecule has 10 heteroatoms. The predicted molar refractivity (Wildman–Crippen MR) is 373 cm³/mol. The monoisotopic (exact) mass is 1400 g/mol. The fourth-order valence-electron chi connectivity index (χ4n) is 12.1. The van der Waals surface area contributed by atoms with E-state index in [1.807, 2.05) is 113 Å². The van der Waals surface area contributed by atoms with Gasteiger partial charge in [-0.15, -0.1) is 0 Å². The Hall–Kier alpha value is -7.48. The standard InChI is InChI=1S/C37H30Ge2O.C21H26GeO3.C18H20GeO2.CH4/c40-37(38(31-19-7-1-8-20-31,32-21-9-2-10-22-32)33-23-11-3-12-24-33)39(34-25-13-4-14-26-34,35-27-15-5-16-28-35)36-29-17-6-18-30-36;1-5-16-8-10-17(11-9-16)20(23)22(6-2,7-3)21(24)18-12-14-19(25-4)15-13-18;1-3-19(4-2,17(20)15-11-7-5-8-12-15)18(21)16-13-9-6-10-14-16;/h1-30H;8-15H,5-7H2,1-4H3;5-14H,3-4H2,1-2H3;1H4. The van der Waals surface area contributed by atoms with Crippen LogP contribution in [-0.4, -0.2) is 82.1 Å². The Morgan fingerprint density at radius 2 is 0.494 bits per heavy atom. The molecule has 0 heterocycles. The minimum atomic E-state index is -4.05. The van der Waals surface area contributed by atoms with Crippen LogP contribution < -0.4 is 31.1 Å². The average Bonchev–Trinajstić information content (AvgIpc) is 0.738. The van der Waals surface area contributed by atoms with Crippen LogP contribution in [0.5, 0.6) is 5.75 Å². The van der Waals surface area contributed by atoms with Crippen LogP contribution in [0, 0.1) is 0 Å². The molecule has 440 valence electrons. The van der Waals surface area contributed by atoms with Crippen molar-refractivity contribution >= 4 is 101 Å². The molecule has 87 heavy (non-hydrogen) atoms. The van der Waals surface area contributed by atoms with Crippen molar-refractivity contribution in [2.24, 2.45) is 0 Å². The van der Waals surface area contributed by atoms with E-state index in [1.165, 1.54) is 31.9 Å². The SMILES string of the molecule is C.CCc1ccc([C](=O)[Ge]([CH2]C)([CH2]C)[C](=O)c2ccc(OC)cc2)cc1.C[CH2][Ge]([CH2]C)([C](=O)c1ccccc1)[C](=O)c1ccccc1.O=[C]([Ge]([c]1ccccc1)([c]1ccccc1)[c]1ccccc1)[Ge]([c]1ccccc1)([c]1ccccc1)[c]1ccccc1. The van der Waals surface area contributed by atoms with Gasteiger partial charge in [-0.25, -0.2) is 0 Å². The molecule has 0 aliphatic carbocycles. The van der Waals surface area contributed by atoms with E-state index in [0.717, 1.165) is 6.42 Å². The summed E-state index contributed by atoms with van der Waals surface area (Å²) in [5.74, 6) is 0.712. The van der Waals surface area contributed by atoms with E-state index >= 15 is 4.79 Å². The first kappa shape index (κ1) is 67.0. The Labute approximate surface area is 526 Å². The van der Waals surface area contributed by atoms with Crippen LogP contribution in [0.25, 0.3) is 0 Å². The van der Waals surface area contributed by atoms with Gasteiger partial charge in [0, 0.05) is 0 Å². The third kappa shape index (κ3) is 14.1. The summed E-state index contributed by atoms with van der Waals surface area (Å²) in [6.07, 6.45) is 0.938. The summed E-state index contributed by atoms with van der Waals surface area (Å²) in [7, 11) is 1.60. The van der Waals surface area contributed by atoms with Crippen molar-refractivity contribution in [2.75, 3.05) is 7.11 Å². The third-order valence-electron chi connectivity index (χ3n) is 17.1. The van der Waals surface area contributed by atoms with E-state index in [9.17, 15) is 19.2 Å². The van der Waals surface area contributed by atoms with Crippen molar-refractivity contribution in [2.45, 2.75) is 69.5 Å². The summed E-state index contributed by atoms with van der Waals surface area (Å²) < 4.78 is 13.0. The molecule has 0 N–H and O–H groups in total. The first-order chi connectivity index (χ1) is 42.0. The van der Waals surface area contributed by atoms with E-state index in [0.29, 0.717) is 52.5 Å². The van der Waals surface area contributed by atoms with Crippen molar-refractivity contribution in [1.29, 1.82) is 0 Å². The fraction of sp³-hybridized carbons (Fsp3) is 0.156. The first-order valence-corrected chi connectivity index (χ1v) is 48.4. The van der Waals surface area contributed by atoms with Crippen LogP contribution in [0.3, 0.4) is 0 Å². The number of carbonyl (C=O) groups excluding carboxylic acids is 5. The summed E-state index contributed by atoms with van der Waals surface area (Å²) >= 11 is -14.9. The van der Waals surface area contributed by atoms with Crippen molar-refractivity contribution in [1.82, 2.24) is 0 Å². The second kappa shape index (κ2) is 32.0. The second-order valence-corrected chi connectivity index (χ2v) is 57.9. The number of methoxy groups -OCH3 is 1. The third-order valence-corrected chi connectivity index (χ3v) is 63.1. The topological polar surface area (TPSA) is 94.6 Å². The quantitative estimate of drug-likeness (QED) is 0.0628. The Kier molecular flexibility index (Phi) is 24.6. The molecule has 0 bridgehead atoms. The molecule has 0 fully saturated rings. The molecule has 0 aliphatic rings. The minimum absolute atomic E-state index is 0. The maximum atomic E-state index is 16.5. The first-order valence-electron chi connectivity index (χ1n) is 29.9. The fourth-order valence-corrected chi connectivity index (χ4v) is 59.5. The summed E-state index contributed by atoms with van der Waals surface area (Å²) in [5.41, 5.74) is 3.88. The number of ether oxygens (including phenoxy) is 1. The zero-order chi connectivity index (χ0) is 61.0. The van der Waals surface area contributed by atoms with Crippen LogP contribution in [0.2, 0.25) is 21.0 Å². The molecule has 0 saturated carbocycles. The van der Waals surface area contributed by atoms with Gasteiger partial charge in [0.25, 0.3) is 0 Å². The molecule has 0 unspecified atom stereocenters. The maximum absolute atomic E-state index is 16.5. The molecule has 10 aromatic carbocycles. The molecule has 0 spiro atoms. The molecule has 6 nitrogen and oxygen atoms in total. The summed E-state index contributed by atoms with van der Waals surface area (Å²) in [6.45, 7) is 10.0. The Bertz CT molecular complexity index is 3330. The van der Waals surface area contributed by atoms with Crippen molar-refractivity contribution in [3.05, 3.63) is 319 Å². The number of benzene rings is 10. The average molecular weight is 1390 g/mol. The van der Waals surface area contributed by atoms with E-state index in [2.05, 4.69) is 189 Å². The molecule has 0 amide bonds. The van der Waals surface area contributed by atoms with Crippen LogP contribution in [0.15, 0.2) is 291 Å². The van der Waals surface area contributed by atoms with Gasteiger partial charge in [-0.05, 0) is 0 Å². The second-order valence-electron chi connectivity index (χ2n) is 21.4. The van der Waals surface area contributed by atoms with E-state index in [-0.39, 0.29) is 25.9 Å². The van der Waals surface area contributed by atoms with Gasteiger partial charge in [0.2, 0.25) is 0 Å². The molecule has 10 aromatic rings. The van der Waals surface area contributed by atoms with E-state index in [4.69, 9.17) is 4.74 Å². The zero-order valence-corrected chi connectivity index (χ0v) is 58.6. The Balaban J connectivity index is 0.000000199. The number of aryl methyl sites for hydroxylation is 1. The number of rotatable bonds is 22. The van der Waals surface area contributed by atoms with Gasteiger partial charge >= 0.3 is 524 Å². The molecule has 0 aliphatic heterocycles. The summed E-state index contributed by atoms with van der Waals surface area (Å²) in [4.78, 5) is 69.1. The van der Waals surface area contributed by atoms with Crippen LogP contribution in [0.1, 0.15) is 89.0 Å². The number of hydrogen-bond acceptors (Lipinski definition) is 6. The van der Waals surface area contributed by atoms with Gasteiger partial charge in [-0.3, -0.25) is 0 Å². The van der Waals surface area contributed by atoms with E-state index < -0.39 is 53.1 Å². The van der Waals surface area contributed by atoms with E-state index in [1.54, 1.807) is 31.4 Å². The predicted octanol–water partition coefficient (Wildman–Crippen LogP) is 14.5.